The lowest BCUT2D eigenvalue weighted by Crippen LogP contribution is -2.23. The van der Waals surface area contributed by atoms with Gasteiger partial charge >= 0.3 is 0 Å². The molecular weight excluding hydrogens is 144 g/mol. The summed E-state index contributed by atoms with van der Waals surface area (Å²) in [5.74, 6) is 0. The van der Waals surface area contributed by atoms with Crippen LogP contribution in [0.5, 0.6) is 0 Å². The van der Waals surface area contributed by atoms with Crippen molar-refractivity contribution in [3.63, 3.8) is 0 Å². The first kappa shape index (κ1) is 10.9. The van der Waals surface area contributed by atoms with Crippen LogP contribution in [0.25, 0.3) is 0 Å². The molecule has 1 atom stereocenters. The van der Waals surface area contributed by atoms with E-state index < -0.39 is 6.10 Å². The van der Waals surface area contributed by atoms with Crippen LogP contribution in [-0.2, 0) is 4.74 Å². The second-order valence-electron chi connectivity index (χ2n) is 3.91. The van der Waals surface area contributed by atoms with Gasteiger partial charge in [0.2, 0.25) is 0 Å². The molecule has 0 aromatic rings. The SMILES string of the molecule is CC(C)(C)COC[C@H](O)CO. The maximum absolute atomic E-state index is 8.88. The molecule has 0 saturated heterocycles. The van der Waals surface area contributed by atoms with Crippen molar-refractivity contribution < 1.29 is 14.9 Å². The summed E-state index contributed by atoms with van der Waals surface area (Å²) in [7, 11) is 0. The molecule has 0 bridgehead atoms. The molecule has 0 rings (SSSR count). The minimum absolute atomic E-state index is 0.120. The third-order valence-corrected chi connectivity index (χ3v) is 1.06. The Balaban J connectivity index is 3.28. The van der Waals surface area contributed by atoms with Gasteiger partial charge in [0.25, 0.3) is 0 Å². The van der Waals surface area contributed by atoms with Gasteiger partial charge in [-0.25, -0.2) is 0 Å². The summed E-state index contributed by atoms with van der Waals surface area (Å²) < 4.78 is 5.14. The van der Waals surface area contributed by atoms with Crippen LogP contribution in [-0.4, -0.2) is 36.1 Å². The van der Waals surface area contributed by atoms with Gasteiger partial charge in [-0.2, -0.15) is 0 Å². The van der Waals surface area contributed by atoms with Crippen LogP contribution < -0.4 is 0 Å². The van der Waals surface area contributed by atoms with E-state index in [1.807, 2.05) is 0 Å². The Morgan fingerprint density at radius 2 is 1.91 bits per heavy atom. The second-order valence-corrected chi connectivity index (χ2v) is 3.91. The van der Waals surface area contributed by atoms with E-state index in [2.05, 4.69) is 20.8 Å². The first-order valence-electron chi connectivity index (χ1n) is 3.82. The van der Waals surface area contributed by atoms with Crippen LogP contribution in [0.3, 0.4) is 0 Å². The summed E-state index contributed by atoms with van der Waals surface area (Å²) in [4.78, 5) is 0. The zero-order valence-electron chi connectivity index (χ0n) is 7.50. The van der Waals surface area contributed by atoms with E-state index in [4.69, 9.17) is 14.9 Å². The summed E-state index contributed by atoms with van der Waals surface area (Å²) in [6.07, 6.45) is -0.739. The Bertz CT molecular complexity index is 96.0. The predicted molar refractivity (Wildman–Crippen MR) is 43.4 cm³/mol. The van der Waals surface area contributed by atoms with Crippen molar-refractivity contribution in [1.29, 1.82) is 0 Å². The van der Waals surface area contributed by atoms with Gasteiger partial charge in [0.15, 0.2) is 0 Å². The van der Waals surface area contributed by atoms with E-state index >= 15 is 0 Å². The van der Waals surface area contributed by atoms with E-state index in [-0.39, 0.29) is 18.6 Å². The molecule has 2 N–H and O–H groups in total. The zero-order chi connectivity index (χ0) is 8.91. The van der Waals surface area contributed by atoms with Gasteiger partial charge in [0, 0.05) is 0 Å². The number of ether oxygens (including phenoxy) is 1. The van der Waals surface area contributed by atoms with E-state index in [0.29, 0.717) is 6.61 Å². The van der Waals surface area contributed by atoms with Crippen molar-refractivity contribution in [3.8, 4) is 0 Å². The molecule has 0 unspecified atom stereocenters. The molecule has 0 aliphatic heterocycles. The minimum atomic E-state index is -0.739. The van der Waals surface area contributed by atoms with Gasteiger partial charge in [0.1, 0.15) is 6.10 Å². The molecular formula is C8H18O3. The fourth-order valence-electron chi connectivity index (χ4n) is 0.554. The van der Waals surface area contributed by atoms with Crippen LogP contribution in [0, 0.1) is 5.41 Å². The average Bonchev–Trinajstić information content (AvgIpc) is 1.85. The molecule has 3 heteroatoms. The molecule has 0 saturated carbocycles. The van der Waals surface area contributed by atoms with E-state index in [1.165, 1.54) is 0 Å². The normalized spacial score (nSPS) is 15.0. The predicted octanol–water partition coefficient (Wildman–Crippen LogP) is 0.402. The zero-order valence-corrected chi connectivity index (χ0v) is 7.50. The summed E-state index contributed by atoms with van der Waals surface area (Å²) in [5.41, 5.74) is 0.120. The molecule has 0 heterocycles. The Morgan fingerprint density at radius 1 is 1.36 bits per heavy atom. The molecule has 0 amide bonds. The topological polar surface area (TPSA) is 49.7 Å². The lowest BCUT2D eigenvalue weighted by molar-refractivity contribution is -0.0149. The van der Waals surface area contributed by atoms with Crippen LogP contribution in [0.2, 0.25) is 0 Å². The van der Waals surface area contributed by atoms with Crippen molar-refractivity contribution in [2.75, 3.05) is 19.8 Å². The fraction of sp³-hybridized carbons (Fsp3) is 1.00. The van der Waals surface area contributed by atoms with Crippen molar-refractivity contribution >= 4 is 0 Å². The molecule has 0 radical (unpaired) electrons. The average molecular weight is 162 g/mol. The Hall–Kier alpha value is -0.120. The minimum Gasteiger partial charge on any atom is -0.394 e. The lowest BCUT2D eigenvalue weighted by Gasteiger charge is -2.18. The Labute approximate surface area is 68.0 Å². The standard InChI is InChI=1S/C8H18O3/c1-8(2,3)6-11-5-7(10)4-9/h7,9-10H,4-6H2,1-3H3/t7-/m1/s1. The first-order chi connectivity index (χ1) is 4.95. The molecule has 68 valence electrons. The molecule has 11 heavy (non-hydrogen) atoms. The molecule has 0 aromatic carbocycles. The maximum atomic E-state index is 8.88. The summed E-state index contributed by atoms with van der Waals surface area (Å²) >= 11 is 0. The summed E-state index contributed by atoms with van der Waals surface area (Å²) in [6, 6.07) is 0. The van der Waals surface area contributed by atoms with Gasteiger partial charge in [-0.05, 0) is 5.41 Å². The molecule has 3 nitrogen and oxygen atoms in total. The summed E-state index contributed by atoms with van der Waals surface area (Å²) in [5, 5.41) is 17.3. The highest BCUT2D eigenvalue weighted by molar-refractivity contribution is 4.59. The van der Waals surface area contributed by atoms with Gasteiger partial charge < -0.3 is 14.9 Å². The van der Waals surface area contributed by atoms with Crippen LogP contribution in [0.15, 0.2) is 0 Å². The Kier molecular flexibility index (Phi) is 4.65. The number of hydrogen-bond donors (Lipinski definition) is 2. The lowest BCUT2D eigenvalue weighted by atomic mass is 9.99. The smallest absolute Gasteiger partial charge is 0.100 e. The first-order valence-corrected chi connectivity index (χ1v) is 3.82. The van der Waals surface area contributed by atoms with Crippen molar-refractivity contribution in [2.45, 2.75) is 26.9 Å². The number of hydrogen-bond acceptors (Lipinski definition) is 3. The monoisotopic (exact) mass is 162 g/mol. The van der Waals surface area contributed by atoms with Gasteiger partial charge in [-0.3, -0.25) is 0 Å². The van der Waals surface area contributed by atoms with Gasteiger partial charge in [-0.1, -0.05) is 20.8 Å². The highest BCUT2D eigenvalue weighted by Crippen LogP contribution is 2.12. The summed E-state index contributed by atoms with van der Waals surface area (Å²) in [6.45, 7) is 6.75. The van der Waals surface area contributed by atoms with Crippen LogP contribution >= 0.6 is 0 Å². The van der Waals surface area contributed by atoms with E-state index in [9.17, 15) is 0 Å². The number of aliphatic hydroxyl groups excluding tert-OH is 2. The molecule has 0 aliphatic rings. The van der Waals surface area contributed by atoms with Crippen molar-refractivity contribution in [2.24, 2.45) is 5.41 Å². The third-order valence-electron chi connectivity index (χ3n) is 1.06. The largest absolute Gasteiger partial charge is 0.394 e. The van der Waals surface area contributed by atoms with Crippen LogP contribution in [0.4, 0.5) is 0 Å². The number of rotatable bonds is 4. The van der Waals surface area contributed by atoms with Gasteiger partial charge in [0.05, 0.1) is 19.8 Å². The molecule has 0 aromatic heterocycles. The van der Waals surface area contributed by atoms with Crippen LogP contribution in [0.1, 0.15) is 20.8 Å². The highest BCUT2D eigenvalue weighted by Gasteiger charge is 2.11. The van der Waals surface area contributed by atoms with Gasteiger partial charge in [-0.15, -0.1) is 0 Å². The number of aliphatic hydroxyl groups is 2. The quantitative estimate of drug-likeness (QED) is 0.629. The van der Waals surface area contributed by atoms with Crippen molar-refractivity contribution in [3.05, 3.63) is 0 Å². The maximum Gasteiger partial charge on any atom is 0.100 e. The molecule has 0 spiro atoms. The highest BCUT2D eigenvalue weighted by atomic mass is 16.5. The fourth-order valence-corrected chi connectivity index (χ4v) is 0.554. The van der Waals surface area contributed by atoms with Crippen molar-refractivity contribution in [1.82, 2.24) is 0 Å². The third kappa shape index (κ3) is 7.78. The van der Waals surface area contributed by atoms with E-state index in [0.717, 1.165) is 0 Å². The second kappa shape index (κ2) is 4.70. The molecule has 0 fully saturated rings. The van der Waals surface area contributed by atoms with E-state index in [1.54, 1.807) is 0 Å². The Morgan fingerprint density at radius 3 is 2.27 bits per heavy atom. The molecule has 0 aliphatic carbocycles.